The van der Waals surface area contributed by atoms with Crippen molar-refractivity contribution in [1.82, 2.24) is 19.7 Å². The van der Waals surface area contributed by atoms with E-state index < -0.39 is 5.97 Å². The molecule has 8 heteroatoms. The summed E-state index contributed by atoms with van der Waals surface area (Å²) < 4.78 is 1.69. The Hall–Kier alpha value is -2.93. The Bertz CT molecular complexity index is 1190. The van der Waals surface area contributed by atoms with Gasteiger partial charge in [-0.3, -0.25) is 0 Å². The lowest BCUT2D eigenvalue weighted by Crippen LogP contribution is -2.48. The Kier molecular flexibility index (Phi) is 4.91. The molecule has 0 amide bonds. The largest absolute Gasteiger partial charge is 0.478 e. The fraction of sp³-hybridized carbons (Fsp3) is 0.440. The first-order valence-corrected chi connectivity index (χ1v) is 12.0. The molecule has 0 radical (unpaired) electrons. The van der Waals surface area contributed by atoms with Crippen molar-refractivity contribution in [2.75, 3.05) is 5.32 Å². The summed E-state index contributed by atoms with van der Waals surface area (Å²) >= 11 is 6.76. The lowest BCUT2D eigenvalue weighted by atomic mass is 9.48. The molecule has 2 aromatic heterocycles. The van der Waals surface area contributed by atoms with Gasteiger partial charge in [-0.25, -0.2) is 19.4 Å². The topological polar surface area (TPSA) is 92.9 Å². The van der Waals surface area contributed by atoms with Gasteiger partial charge in [0.1, 0.15) is 17.7 Å². The van der Waals surface area contributed by atoms with Gasteiger partial charge >= 0.3 is 5.97 Å². The number of rotatable bonds is 6. The molecule has 0 saturated heterocycles. The number of nitrogens with one attached hydrogen (secondary N) is 1. The molecule has 0 atom stereocenters. The van der Waals surface area contributed by atoms with Crippen molar-refractivity contribution in [3.8, 4) is 0 Å². The van der Waals surface area contributed by atoms with Gasteiger partial charge in [-0.2, -0.15) is 0 Å². The minimum absolute atomic E-state index is 0.0668. The van der Waals surface area contributed by atoms with Gasteiger partial charge in [-0.15, -0.1) is 5.10 Å². The van der Waals surface area contributed by atoms with E-state index in [-0.39, 0.29) is 17.3 Å². The van der Waals surface area contributed by atoms with E-state index in [9.17, 15) is 9.90 Å². The molecule has 0 spiro atoms. The van der Waals surface area contributed by atoms with Crippen molar-refractivity contribution in [1.29, 1.82) is 0 Å². The second kappa shape index (κ2) is 7.83. The van der Waals surface area contributed by atoms with Crippen LogP contribution in [0.25, 0.3) is 0 Å². The predicted molar refractivity (Wildman–Crippen MR) is 125 cm³/mol. The molecule has 7 rings (SSSR count). The summed E-state index contributed by atoms with van der Waals surface area (Å²) in [5, 5.41) is 17.4. The SMILES string of the molecule is O=C(O)c1cccnc1Nc1ncn(Cc2ccc(C34CC5CC(CC(C5)C3)C4)cc2Cl)n1. The van der Waals surface area contributed by atoms with Crippen LogP contribution < -0.4 is 5.32 Å². The summed E-state index contributed by atoms with van der Waals surface area (Å²) in [5.41, 5.74) is 2.79. The first-order chi connectivity index (χ1) is 16.0. The summed E-state index contributed by atoms with van der Waals surface area (Å²) in [6.07, 6.45) is 11.4. The van der Waals surface area contributed by atoms with Crippen LogP contribution in [0.4, 0.5) is 11.8 Å². The Morgan fingerprint density at radius 3 is 2.52 bits per heavy atom. The number of anilines is 2. The zero-order chi connectivity index (χ0) is 22.6. The Balaban J connectivity index is 1.19. The lowest BCUT2D eigenvalue weighted by molar-refractivity contribution is -0.00519. The monoisotopic (exact) mass is 463 g/mol. The van der Waals surface area contributed by atoms with Crippen molar-refractivity contribution in [2.24, 2.45) is 17.8 Å². The second-order valence-electron chi connectivity index (χ2n) is 10.1. The standard InChI is InChI=1S/C25H26ClN5O2/c26-21-9-19(25-10-15-6-16(11-25)8-17(7-15)12-25)4-3-18(21)13-31-14-28-24(30-31)29-22-20(23(32)33)2-1-5-27-22/h1-5,9,14-17H,6-8,10-13H2,(H,32,33)(H,27,29,30). The van der Waals surface area contributed by atoms with Gasteiger partial charge in [0.15, 0.2) is 0 Å². The number of carboxylic acid groups (broad SMARTS) is 1. The van der Waals surface area contributed by atoms with E-state index in [2.05, 4.69) is 38.6 Å². The number of halogens is 1. The number of hydrogen-bond donors (Lipinski definition) is 2. The smallest absolute Gasteiger partial charge is 0.339 e. The van der Waals surface area contributed by atoms with Gasteiger partial charge in [0.05, 0.1) is 6.54 Å². The summed E-state index contributed by atoms with van der Waals surface area (Å²) in [7, 11) is 0. The Morgan fingerprint density at radius 2 is 1.85 bits per heavy atom. The van der Waals surface area contributed by atoms with E-state index in [1.807, 2.05) is 0 Å². The number of nitrogens with zero attached hydrogens (tertiary/aromatic N) is 4. The van der Waals surface area contributed by atoms with Crippen LogP contribution in [0, 0.1) is 17.8 Å². The van der Waals surface area contributed by atoms with Crippen molar-refractivity contribution in [3.63, 3.8) is 0 Å². The number of hydrogen-bond acceptors (Lipinski definition) is 5. The second-order valence-corrected chi connectivity index (χ2v) is 10.5. The summed E-state index contributed by atoms with van der Waals surface area (Å²) in [6.45, 7) is 0.489. The molecule has 2 N–H and O–H groups in total. The molecule has 4 fully saturated rings. The number of benzene rings is 1. The van der Waals surface area contributed by atoms with E-state index in [0.717, 1.165) is 28.3 Å². The van der Waals surface area contributed by atoms with Crippen LogP contribution in [-0.4, -0.2) is 30.8 Å². The van der Waals surface area contributed by atoms with E-state index in [0.29, 0.717) is 12.0 Å². The summed E-state index contributed by atoms with van der Waals surface area (Å²) in [6, 6.07) is 9.66. The quantitative estimate of drug-likeness (QED) is 0.516. The zero-order valence-corrected chi connectivity index (χ0v) is 19.0. The van der Waals surface area contributed by atoms with E-state index in [1.165, 1.54) is 56.4 Å². The van der Waals surface area contributed by atoms with Gasteiger partial charge < -0.3 is 10.4 Å². The maximum Gasteiger partial charge on any atom is 0.339 e. The highest BCUT2D eigenvalue weighted by Gasteiger charge is 2.51. The van der Waals surface area contributed by atoms with Crippen molar-refractivity contribution in [2.45, 2.75) is 50.5 Å². The summed E-state index contributed by atoms with van der Waals surface area (Å²) in [4.78, 5) is 19.7. The summed E-state index contributed by atoms with van der Waals surface area (Å²) in [5.74, 6) is 2.14. The first-order valence-electron chi connectivity index (χ1n) is 11.6. The number of pyridine rings is 1. The third kappa shape index (κ3) is 3.78. The third-order valence-corrected chi connectivity index (χ3v) is 8.19. The number of carboxylic acids is 1. The zero-order valence-electron chi connectivity index (χ0n) is 18.2. The van der Waals surface area contributed by atoms with E-state index in [4.69, 9.17) is 11.6 Å². The predicted octanol–water partition coefficient (Wildman–Crippen LogP) is 5.28. The van der Waals surface area contributed by atoms with Crippen LogP contribution in [-0.2, 0) is 12.0 Å². The molecule has 7 nitrogen and oxygen atoms in total. The fourth-order valence-corrected chi connectivity index (χ4v) is 7.10. The highest BCUT2D eigenvalue weighted by atomic mass is 35.5. The molecular weight excluding hydrogens is 438 g/mol. The maximum absolute atomic E-state index is 11.4. The molecule has 4 bridgehead atoms. The highest BCUT2D eigenvalue weighted by molar-refractivity contribution is 6.31. The van der Waals surface area contributed by atoms with Gasteiger partial charge in [0.25, 0.3) is 0 Å². The molecular formula is C25H26ClN5O2. The molecule has 4 saturated carbocycles. The number of carbonyl (C=O) groups is 1. The van der Waals surface area contributed by atoms with Gasteiger partial charge in [0, 0.05) is 11.2 Å². The van der Waals surface area contributed by atoms with Crippen LogP contribution in [0.15, 0.2) is 42.9 Å². The average molecular weight is 464 g/mol. The van der Waals surface area contributed by atoms with E-state index >= 15 is 0 Å². The fourth-order valence-electron chi connectivity index (χ4n) is 6.86. The van der Waals surface area contributed by atoms with Crippen LogP contribution in [0.3, 0.4) is 0 Å². The van der Waals surface area contributed by atoms with Crippen LogP contribution in [0.5, 0.6) is 0 Å². The van der Waals surface area contributed by atoms with Crippen LogP contribution >= 0.6 is 11.6 Å². The minimum atomic E-state index is -1.06. The van der Waals surface area contributed by atoms with Crippen molar-refractivity contribution >= 4 is 29.3 Å². The van der Waals surface area contributed by atoms with Crippen LogP contribution in [0.2, 0.25) is 5.02 Å². The lowest BCUT2D eigenvalue weighted by Gasteiger charge is -2.57. The van der Waals surface area contributed by atoms with Gasteiger partial charge in [0.2, 0.25) is 5.95 Å². The first kappa shape index (κ1) is 20.7. The van der Waals surface area contributed by atoms with E-state index in [1.54, 1.807) is 17.1 Å². The van der Waals surface area contributed by atoms with Crippen LogP contribution in [0.1, 0.15) is 60.0 Å². The minimum Gasteiger partial charge on any atom is -0.478 e. The third-order valence-electron chi connectivity index (χ3n) is 7.84. The molecule has 4 aliphatic carbocycles. The normalized spacial score (nSPS) is 27.6. The van der Waals surface area contributed by atoms with Gasteiger partial charge in [-0.05, 0) is 91.0 Å². The van der Waals surface area contributed by atoms with Crippen molar-refractivity contribution < 1.29 is 9.90 Å². The number of aromatic carboxylic acids is 1. The molecule has 4 aliphatic rings. The molecule has 0 aliphatic heterocycles. The molecule has 2 heterocycles. The molecule has 170 valence electrons. The highest BCUT2D eigenvalue weighted by Crippen LogP contribution is 2.60. The molecule has 33 heavy (non-hydrogen) atoms. The average Bonchev–Trinajstić information content (AvgIpc) is 3.21. The Morgan fingerprint density at radius 1 is 1.12 bits per heavy atom. The Labute approximate surface area is 197 Å². The molecule has 3 aromatic rings. The maximum atomic E-state index is 11.4. The molecule has 0 unspecified atom stereocenters. The van der Waals surface area contributed by atoms with Crippen molar-refractivity contribution in [3.05, 3.63) is 64.6 Å². The molecule has 1 aromatic carbocycles. The van der Waals surface area contributed by atoms with Gasteiger partial charge in [-0.1, -0.05) is 23.7 Å². The number of aromatic nitrogens is 4.